The van der Waals surface area contributed by atoms with Crippen LogP contribution < -0.4 is 25.4 Å². The fourth-order valence-corrected chi connectivity index (χ4v) is 5.99. The largest absolute Gasteiger partial charge is 0.512 e. The molecule has 0 fully saturated rings. The number of ether oxygens (including phenoxy) is 2. The van der Waals surface area contributed by atoms with Gasteiger partial charge < -0.3 is 45.9 Å². The molecule has 316 valence electrons. The maximum Gasteiger partial charge on any atom is 0.317 e. The molecule has 0 aliphatic rings. The van der Waals surface area contributed by atoms with Crippen molar-refractivity contribution < 1.29 is 53.9 Å². The number of nitrogens with one attached hydrogen (secondary N) is 3. The Morgan fingerprint density at radius 1 is 0.655 bits per heavy atom. The molecule has 1 heterocycles. The van der Waals surface area contributed by atoms with Crippen LogP contribution in [0.4, 0.5) is 11.5 Å². The number of rotatable bonds is 29. The summed E-state index contributed by atoms with van der Waals surface area (Å²) in [5.74, 6) is -2.39. The molecule has 3 rings (SSSR count). The zero-order chi connectivity index (χ0) is 42.5. The van der Waals surface area contributed by atoms with E-state index in [4.69, 9.17) is 14.6 Å². The molecule has 0 saturated heterocycles. The maximum atomic E-state index is 12.6. The van der Waals surface area contributed by atoms with Gasteiger partial charge >= 0.3 is 17.9 Å². The molecule has 2 aromatic carbocycles. The molecular formula is C39H54N8O11. The van der Waals surface area contributed by atoms with Crippen LogP contribution in [0.3, 0.4) is 0 Å². The standard InChI is InChI=1S/C39H54N8O11/c1-27(48)21-46(24-37(53)54)16-14-45(23-36(51)52)15-17-47(25-38(55)56)22-35(50)41-13-7-5-4-6-12-40-34(49)18-28-8-10-29(11-9-28)44-39-30-19-32(57-2)33(58-3)20-31(30)42-26-43-39/h8-11,19-20,26,48H,1,4-7,12-18,21-25H2,2-3H3,(H,40,49)(H,41,50)(H,51,52)(H,53,54)(H,55,56)(H,42,43,44). The number of carboxylic acid groups (broad SMARTS) is 3. The number of carbonyl (C=O) groups excluding carboxylic acids is 2. The Hall–Kier alpha value is -6.05. The highest BCUT2D eigenvalue weighted by Gasteiger charge is 2.19. The first kappa shape index (κ1) is 46.3. The normalized spacial score (nSPS) is 11.1. The van der Waals surface area contributed by atoms with Gasteiger partial charge in [0.2, 0.25) is 11.8 Å². The fraction of sp³-hybridized carbons (Fsp3) is 0.462. The fourth-order valence-electron chi connectivity index (χ4n) is 5.99. The second-order valence-corrected chi connectivity index (χ2v) is 13.5. The van der Waals surface area contributed by atoms with Crippen molar-refractivity contribution in [3.8, 4) is 11.5 Å². The van der Waals surface area contributed by atoms with Crippen molar-refractivity contribution in [2.45, 2.75) is 32.1 Å². The summed E-state index contributed by atoms with van der Waals surface area (Å²) >= 11 is 0. The number of benzene rings is 2. The molecule has 7 N–H and O–H groups in total. The van der Waals surface area contributed by atoms with E-state index in [1.165, 1.54) is 21.0 Å². The number of hydrogen-bond acceptors (Lipinski definition) is 14. The van der Waals surface area contributed by atoms with Gasteiger partial charge in [-0.2, -0.15) is 0 Å². The molecule has 0 unspecified atom stereocenters. The molecule has 0 aliphatic heterocycles. The average molecular weight is 811 g/mol. The lowest BCUT2D eigenvalue weighted by atomic mass is 10.1. The monoisotopic (exact) mass is 810 g/mol. The van der Waals surface area contributed by atoms with Gasteiger partial charge in [0.15, 0.2) is 11.5 Å². The highest BCUT2D eigenvalue weighted by atomic mass is 16.5. The van der Waals surface area contributed by atoms with Gasteiger partial charge in [-0.1, -0.05) is 31.6 Å². The number of carboxylic acids is 3. The molecule has 0 aliphatic carbocycles. The Balaban J connectivity index is 1.33. The topological polar surface area (TPSA) is 256 Å². The lowest BCUT2D eigenvalue weighted by molar-refractivity contribution is -0.140. The summed E-state index contributed by atoms with van der Waals surface area (Å²) in [4.78, 5) is 72.2. The van der Waals surface area contributed by atoms with Gasteiger partial charge in [-0.3, -0.25) is 38.7 Å². The molecule has 1 aromatic heterocycles. The highest BCUT2D eigenvalue weighted by Crippen LogP contribution is 2.34. The third-order valence-corrected chi connectivity index (χ3v) is 8.78. The van der Waals surface area contributed by atoms with Crippen molar-refractivity contribution >= 4 is 52.1 Å². The van der Waals surface area contributed by atoms with Crippen LogP contribution in [0.1, 0.15) is 31.2 Å². The summed E-state index contributed by atoms with van der Waals surface area (Å²) in [6.07, 6.45) is 4.76. The number of nitrogens with zero attached hydrogens (tertiary/aromatic N) is 5. The first-order valence-corrected chi connectivity index (χ1v) is 18.7. The molecule has 19 heteroatoms. The minimum atomic E-state index is -1.15. The van der Waals surface area contributed by atoms with Crippen LogP contribution in [0, 0.1) is 0 Å². The van der Waals surface area contributed by atoms with Gasteiger partial charge in [0, 0.05) is 56.4 Å². The van der Waals surface area contributed by atoms with Crippen molar-refractivity contribution in [2.75, 3.05) is 91.5 Å². The van der Waals surface area contributed by atoms with Crippen molar-refractivity contribution in [1.82, 2.24) is 35.3 Å². The quantitative estimate of drug-likeness (QED) is 0.0391. The molecular weight excluding hydrogens is 756 g/mol. The van der Waals surface area contributed by atoms with E-state index in [-0.39, 0.29) is 69.8 Å². The summed E-state index contributed by atoms with van der Waals surface area (Å²) in [6, 6.07) is 11.1. The van der Waals surface area contributed by atoms with Crippen LogP contribution >= 0.6 is 0 Å². The van der Waals surface area contributed by atoms with Crippen molar-refractivity contribution in [1.29, 1.82) is 0 Å². The number of anilines is 2. The Labute approximate surface area is 336 Å². The van der Waals surface area contributed by atoms with E-state index in [0.717, 1.165) is 35.9 Å². The van der Waals surface area contributed by atoms with Crippen LogP contribution in [0.15, 0.2) is 55.1 Å². The van der Waals surface area contributed by atoms with Crippen LogP contribution in [0.5, 0.6) is 11.5 Å². The van der Waals surface area contributed by atoms with E-state index in [2.05, 4.69) is 32.5 Å². The minimum Gasteiger partial charge on any atom is -0.512 e. The molecule has 0 bridgehead atoms. The summed E-state index contributed by atoms with van der Waals surface area (Å²) in [7, 11) is 3.12. The van der Waals surface area contributed by atoms with Crippen molar-refractivity contribution in [2.24, 2.45) is 0 Å². The number of amides is 2. The zero-order valence-electron chi connectivity index (χ0n) is 32.9. The minimum absolute atomic E-state index is 0.0710. The number of aromatic nitrogens is 2. The number of hydrogen-bond donors (Lipinski definition) is 7. The lowest BCUT2D eigenvalue weighted by Crippen LogP contribution is -2.46. The van der Waals surface area contributed by atoms with Crippen molar-refractivity contribution in [3.63, 3.8) is 0 Å². The summed E-state index contributed by atoms with van der Waals surface area (Å²) in [5, 5.41) is 47.1. The van der Waals surface area contributed by atoms with E-state index in [0.29, 0.717) is 42.3 Å². The van der Waals surface area contributed by atoms with E-state index >= 15 is 0 Å². The van der Waals surface area contributed by atoms with E-state index in [9.17, 15) is 39.3 Å². The summed E-state index contributed by atoms with van der Waals surface area (Å²) in [5.41, 5.74) is 2.33. The van der Waals surface area contributed by atoms with Gasteiger partial charge in [-0.05, 0) is 36.6 Å². The molecule has 0 saturated carbocycles. The lowest BCUT2D eigenvalue weighted by Gasteiger charge is -2.28. The number of fused-ring (bicyclic) bond motifs is 1. The van der Waals surface area contributed by atoms with Crippen LogP contribution in [-0.4, -0.2) is 161 Å². The zero-order valence-corrected chi connectivity index (χ0v) is 32.9. The predicted octanol–water partition coefficient (Wildman–Crippen LogP) is 1.96. The summed E-state index contributed by atoms with van der Waals surface area (Å²) < 4.78 is 10.8. The number of carbonyl (C=O) groups is 5. The third kappa shape index (κ3) is 17.4. The van der Waals surface area contributed by atoms with E-state index in [1.807, 2.05) is 30.3 Å². The predicted molar refractivity (Wildman–Crippen MR) is 215 cm³/mol. The smallest absolute Gasteiger partial charge is 0.317 e. The van der Waals surface area contributed by atoms with Gasteiger partial charge in [-0.15, -0.1) is 0 Å². The average Bonchev–Trinajstić information content (AvgIpc) is 3.16. The molecule has 3 aromatic rings. The van der Waals surface area contributed by atoms with Gasteiger partial charge in [-0.25, -0.2) is 9.97 Å². The SMILES string of the molecule is C=C(O)CN(CCN(CCN(CC(=O)O)CC(=O)NCCCCCCNC(=O)Cc1ccc(Nc2ncnc3cc(OC)c(OC)cc23)cc1)CC(=O)O)CC(=O)O. The Morgan fingerprint density at radius 3 is 1.72 bits per heavy atom. The number of methoxy groups -OCH3 is 2. The number of aliphatic hydroxyl groups is 1. The molecule has 0 atom stereocenters. The van der Waals surface area contributed by atoms with E-state index in [1.54, 1.807) is 20.3 Å². The molecule has 0 radical (unpaired) electrons. The maximum absolute atomic E-state index is 12.6. The molecule has 2 amide bonds. The van der Waals surface area contributed by atoms with E-state index < -0.39 is 31.0 Å². The van der Waals surface area contributed by atoms with Gasteiger partial charge in [0.1, 0.15) is 12.1 Å². The number of unbranched alkanes of at least 4 members (excludes halogenated alkanes) is 3. The summed E-state index contributed by atoms with van der Waals surface area (Å²) in [6.45, 7) is 3.13. The third-order valence-electron chi connectivity index (χ3n) is 8.78. The molecule has 19 nitrogen and oxygen atoms in total. The highest BCUT2D eigenvalue weighted by molar-refractivity contribution is 5.93. The van der Waals surface area contributed by atoms with Crippen molar-refractivity contribution in [3.05, 3.63) is 60.6 Å². The molecule has 58 heavy (non-hydrogen) atoms. The molecule has 0 spiro atoms. The van der Waals surface area contributed by atoms with Crippen LogP contribution in [0.25, 0.3) is 10.9 Å². The number of aliphatic hydroxyl groups excluding tert-OH is 1. The Kier molecular flexibility index (Phi) is 19.6. The Bertz CT molecular complexity index is 1830. The van der Waals surface area contributed by atoms with Crippen LogP contribution in [0.2, 0.25) is 0 Å². The van der Waals surface area contributed by atoms with Gasteiger partial charge in [0.25, 0.3) is 0 Å². The van der Waals surface area contributed by atoms with Crippen LogP contribution in [-0.2, 0) is 30.4 Å². The second-order valence-electron chi connectivity index (χ2n) is 13.5. The first-order valence-electron chi connectivity index (χ1n) is 18.7. The first-order chi connectivity index (χ1) is 27.8. The second kappa shape index (κ2) is 24.6. The Morgan fingerprint density at radius 2 is 1.17 bits per heavy atom. The van der Waals surface area contributed by atoms with Gasteiger partial charge in [0.05, 0.1) is 64.6 Å². The number of aliphatic carboxylic acids is 3.